The Hall–Kier alpha value is -1.11. The summed E-state index contributed by atoms with van der Waals surface area (Å²) in [6, 6.07) is 0. The van der Waals surface area contributed by atoms with Crippen LogP contribution in [0, 0.1) is 0 Å². The van der Waals surface area contributed by atoms with Crippen molar-refractivity contribution in [2.75, 3.05) is 34.9 Å². The SMILES string of the molecule is COc1cnn(CCN(C)C)c1C1(O)CCC(OC)CC1. The van der Waals surface area contributed by atoms with E-state index in [9.17, 15) is 5.11 Å². The predicted molar refractivity (Wildman–Crippen MR) is 80.5 cm³/mol. The number of likely N-dealkylation sites (N-methyl/N-ethyl adjacent to an activating group) is 1. The van der Waals surface area contributed by atoms with Crippen LogP contribution in [-0.2, 0) is 16.9 Å². The summed E-state index contributed by atoms with van der Waals surface area (Å²) in [6.07, 6.45) is 5.01. The van der Waals surface area contributed by atoms with E-state index in [-0.39, 0.29) is 6.10 Å². The molecule has 120 valence electrons. The van der Waals surface area contributed by atoms with Crippen molar-refractivity contribution in [2.24, 2.45) is 0 Å². The predicted octanol–water partition coefficient (Wildman–Crippen LogP) is 1.23. The fourth-order valence-corrected chi connectivity index (χ4v) is 2.99. The van der Waals surface area contributed by atoms with Gasteiger partial charge in [-0.15, -0.1) is 0 Å². The number of aromatic nitrogens is 2. The standard InChI is InChI=1S/C15H27N3O3/c1-17(2)9-10-18-14(13(21-4)11-16-18)15(19)7-5-12(20-3)6-8-15/h11-12,19H,5-10H2,1-4H3. The number of nitrogens with zero attached hydrogens (tertiary/aromatic N) is 3. The molecule has 1 aliphatic rings. The van der Waals surface area contributed by atoms with Crippen molar-refractivity contribution >= 4 is 0 Å². The molecule has 0 aliphatic heterocycles. The lowest BCUT2D eigenvalue weighted by molar-refractivity contribution is -0.0539. The van der Waals surface area contributed by atoms with Gasteiger partial charge >= 0.3 is 0 Å². The van der Waals surface area contributed by atoms with E-state index in [2.05, 4.69) is 10.00 Å². The van der Waals surface area contributed by atoms with E-state index >= 15 is 0 Å². The molecule has 6 heteroatoms. The molecule has 0 atom stereocenters. The van der Waals surface area contributed by atoms with Gasteiger partial charge in [0.2, 0.25) is 0 Å². The summed E-state index contributed by atoms with van der Waals surface area (Å²) in [5.41, 5.74) is -0.0650. The highest BCUT2D eigenvalue weighted by Gasteiger charge is 2.40. The Morgan fingerprint density at radius 3 is 2.57 bits per heavy atom. The summed E-state index contributed by atoms with van der Waals surface area (Å²) >= 11 is 0. The Morgan fingerprint density at radius 1 is 1.38 bits per heavy atom. The van der Waals surface area contributed by atoms with Gasteiger partial charge in [0.1, 0.15) is 11.3 Å². The molecule has 0 amide bonds. The maximum absolute atomic E-state index is 11.1. The normalized spacial score (nSPS) is 26.3. The van der Waals surface area contributed by atoms with E-state index in [0.717, 1.165) is 31.6 Å². The molecule has 0 saturated heterocycles. The van der Waals surface area contributed by atoms with Gasteiger partial charge in [0.15, 0.2) is 5.75 Å². The minimum atomic E-state index is -0.872. The lowest BCUT2D eigenvalue weighted by Gasteiger charge is -2.36. The number of ether oxygens (including phenoxy) is 2. The smallest absolute Gasteiger partial charge is 0.162 e. The maximum Gasteiger partial charge on any atom is 0.162 e. The molecule has 1 aromatic rings. The first-order valence-electron chi connectivity index (χ1n) is 7.50. The van der Waals surface area contributed by atoms with Crippen molar-refractivity contribution < 1.29 is 14.6 Å². The van der Waals surface area contributed by atoms with Gasteiger partial charge in [-0.25, -0.2) is 0 Å². The minimum Gasteiger partial charge on any atom is -0.493 e. The van der Waals surface area contributed by atoms with Crippen LogP contribution in [0.3, 0.4) is 0 Å². The minimum absolute atomic E-state index is 0.245. The summed E-state index contributed by atoms with van der Waals surface area (Å²) in [7, 11) is 7.41. The molecule has 1 N–H and O–H groups in total. The fraction of sp³-hybridized carbons (Fsp3) is 0.800. The molecule has 21 heavy (non-hydrogen) atoms. The van der Waals surface area contributed by atoms with Crippen molar-refractivity contribution in [1.29, 1.82) is 0 Å². The molecule has 0 spiro atoms. The summed E-state index contributed by atoms with van der Waals surface area (Å²) in [6.45, 7) is 1.61. The summed E-state index contributed by atoms with van der Waals surface area (Å²) < 4.78 is 12.7. The Labute approximate surface area is 126 Å². The summed E-state index contributed by atoms with van der Waals surface area (Å²) in [4.78, 5) is 2.10. The largest absolute Gasteiger partial charge is 0.493 e. The van der Waals surface area contributed by atoms with Gasteiger partial charge in [-0.2, -0.15) is 5.10 Å². The zero-order chi connectivity index (χ0) is 15.5. The highest BCUT2D eigenvalue weighted by Crippen LogP contribution is 2.41. The first kappa shape index (κ1) is 16.3. The van der Waals surface area contributed by atoms with E-state index in [1.54, 1.807) is 20.4 Å². The molecule has 0 aromatic carbocycles. The average Bonchev–Trinajstić information content (AvgIpc) is 2.89. The number of hydrogen-bond donors (Lipinski definition) is 1. The molecule has 2 rings (SSSR count). The molecule has 0 unspecified atom stereocenters. The van der Waals surface area contributed by atoms with Crippen molar-refractivity contribution in [3.63, 3.8) is 0 Å². The van der Waals surface area contributed by atoms with Gasteiger partial charge in [-0.05, 0) is 39.8 Å². The van der Waals surface area contributed by atoms with Gasteiger partial charge in [-0.3, -0.25) is 4.68 Å². The molecule has 1 fully saturated rings. The molecule has 0 radical (unpaired) electrons. The van der Waals surface area contributed by atoms with Gasteiger partial charge in [0, 0.05) is 13.7 Å². The second-order valence-corrected chi connectivity index (χ2v) is 6.05. The quantitative estimate of drug-likeness (QED) is 0.856. The van der Waals surface area contributed by atoms with E-state index in [1.807, 2.05) is 18.8 Å². The number of aliphatic hydroxyl groups is 1. The number of methoxy groups -OCH3 is 2. The van der Waals surface area contributed by atoms with Gasteiger partial charge < -0.3 is 19.5 Å². The molecule has 0 bridgehead atoms. The Bertz CT molecular complexity index is 451. The third-order valence-electron chi connectivity index (χ3n) is 4.32. The Kier molecular flexibility index (Phi) is 5.24. The van der Waals surface area contributed by atoms with E-state index in [1.165, 1.54) is 0 Å². The monoisotopic (exact) mass is 297 g/mol. The lowest BCUT2D eigenvalue weighted by atomic mass is 9.80. The van der Waals surface area contributed by atoms with Crippen molar-refractivity contribution in [3.8, 4) is 5.75 Å². The Balaban J connectivity index is 2.22. The van der Waals surface area contributed by atoms with E-state index in [0.29, 0.717) is 18.6 Å². The van der Waals surface area contributed by atoms with Gasteiger partial charge in [0.25, 0.3) is 0 Å². The van der Waals surface area contributed by atoms with Crippen molar-refractivity contribution in [3.05, 3.63) is 11.9 Å². The lowest BCUT2D eigenvalue weighted by Crippen LogP contribution is -2.37. The topological polar surface area (TPSA) is 59.8 Å². The van der Waals surface area contributed by atoms with Crippen LogP contribution in [0.5, 0.6) is 5.75 Å². The molecule has 1 aromatic heterocycles. The van der Waals surface area contributed by atoms with Gasteiger partial charge in [0.05, 0.1) is 26.0 Å². The summed E-state index contributed by atoms with van der Waals surface area (Å²) in [5, 5.41) is 15.5. The van der Waals surface area contributed by atoms with Crippen LogP contribution >= 0.6 is 0 Å². The molecule has 1 saturated carbocycles. The first-order chi connectivity index (χ1) is 10.00. The van der Waals surface area contributed by atoms with Crippen LogP contribution in [0.4, 0.5) is 0 Å². The molecule has 1 aliphatic carbocycles. The van der Waals surface area contributed by atoms with Crippen LogP contribution in [0.15, 0.2) is 6.20 Å². The second-order valence-electron chi connectivity index (χ2n) is 6.05. The molecular weight excluding hydrogens is 270 g/mol. The van der Waals surface area contributed by atoms with Crippen LogP contribution in [0.1, 0.15) is 31.4 Å². The van der Waals surface area contributed by atoms with Crippen LogP contribution in [0.25, 0.3) is 0 Å². The number of rotatable bonds is 6. The third-order valence-corrected chi connectivity index (χ3v) is 4.32. The zero-order valence-corrected chi connectivity index (χ0v) is 13.5. The van der Waals surface area contributed by atoms with Gasteiger partial charge in [-0.1, -0.05) is 0 Å². The molecule has 6 nitrogen and oxygen atoms in total. The van der Waals surface area contributed by atoms with E-state index in [4.69, 9.17) is 9.47 Å². The highest BCUT2D eigenvalue weighted by atomic mass is 16.5. The van der Waals surface area contributed by atoms with E-state index < -0.39 is 5.60 Å². The summed E-state index contributed by atoms with van der Waals surface area (Å²) in [5.74, 6) is 0.673. The fourth-order valence-electron chi connectivity index (χ4n) is 2.99. The first-order valence-corrected chi connectivity index (χ1v) is 7.50. The van der Waals surface area contributed by atoms with Crippen molar-refractivity contribution in [1.82, 2.24) is 14.7 Å². The molecular formula is C15H27N3O3. The third kappa shape index (κ3) is 3.56. The van der Waals surface area contributed by atoms with Crippen LogP contribution in [-0.4, -0.2) is 60.8 Å². The van der Waals surface area contributed by atoms with Crippen LogP contribution in [0.2, 0.25) is 0 Å². The molecule has 1 heterocycles. The Morgan fingerprint density at radius 2 is 2.05 bits per heavy atom. The second kappa shape index (κ2) is 6.77. The number of hydrogen-bond acceptors (Lipinski definition) is 5. The maximum atomic E-state index is 11.1. The highest BCUT2D eigenvalue weighted by molar-refractivity contribution is 5.31. The van der Waals surface area contributed by atoms with Crippen LogP contribution < -0.4 is 4.74 Å². The van der Waals surface area contributed by atoms with Crippen molar-refractivity contribution in [2.45, 2.75) is 43.9 Å². The average molecular weight is 297 g/mol. The zero-order valence-electron chi connectivity index (χ0n) is 13.5.